The summed E-state index contributed by atoms with van der Waals surface area (Å²) < 4.78 is 3.07. The van der Waals surface area contributed by atoms with Gasteiger partial charge in [-0.15, -0.1) is 10.2 Å². The number of aryl methyl sites for hydroxylation is 1. The molecule has 4 aromatic rings. The van der Waals surface area contributed by atoms with Gasteiger partial charge in [0.25, 0.3) is 5.56 Å². The second-order valence-corrected chi connectivity index (χ2v) is 6.51. The summed E-state index contributed by atoms with van der Waals surface area (Å²) in [5.74, 6) is 1.09. The molecule has 1 amide bonds. The first-order chi connectivity index (χ1) is 14.7. The number of aromatic nitrogens is 6. The average molecular weight is 404 g/mol. The predicted octanol–water partition coefficient (Wildman–Crippen LogP) is 0.991. The minimum Gasteiger partial charge on any atom is -0.367 e. The molecular weight excluding hydrogens is 384 g/mol. The number of hydrogen-bond acceptors (Lipinski definition) is 7. The van der Waals surface area contributed by atoms with Crippen LogP contribution in [0.1, 0.15) is 6.42 Å². The molecule has 0 aliphatic rings. The fraction of sp³-hybridized carbons (Fsp3) is 0.200. The number of carbonyl (C=O) groups is 1. The van der Waals surface area contributed by atoms with Gasteiger partial charge in [0.15, 0.2) is 5.82 Å². The Hall–Kier alpha value is -4.08. The van der Waals surface area contributed by atoms with Crippen LogP contribution in [-0.4, -0.2) is 48.5 Å². The van der Waals surface area contributed by atoms with Gasteiger partial charge in [-0.25, -0.2) is 9.67 Å². The Morgan fingerprint density at radius 1 is 1.03 bits per heavy atom. The molecule has 0 aliphatic heterocycles. The Morgan fingerprint density at radius 2 is 1.93 bits per heavy atom. The van der Waals surface area contributed by atoms with Crippen molar-refractivity contribution in [3.63, 3.8) is 0 Å². The molecule has 3 aromatic heterocycles. The highest BCUT2D eigenvalue weighted by atomic mass is 16.1. The van der Waals surface area contributed by atoms with Gasteiger partial charge in [-0.3, -0.25) is 14.2 Å². The Bertz CT molecular complexity index is 1190. The third-order valence-electron chi connectivity index (χ3n) is 4.45. The minimum atomic E-state index is -0.146. The molecule has 2 N–H and O–H groups in total. The number of amides is 1. The molecule has 10 heteroatoms. The maximum atomic E-state index is 12.4. The first-order valence-corrected chi connectivity index (χ1v) is 9.49. The molecule has 0 saturated carbocycles. The quantitative estimate of drug-likeness (QED) is 0.420. The van der Waals surface area contributed by atoms with Crippen molar-refractivity contribution in [2.75, 3.05) is 18.4 Å². The Kier molecular flexibility index (Phi) is 5.74. The molecule has 152 valence electrons. The number of hydrogen-bond donors (Lipinski definition) is 2. The summed E-state index contributed by atoms with van der Waals surface area (Å²) in [6.07, 6.45) is 5.13. The fourth-order valence-electron chi connectivity index (χ4n) is 2.91. The molecule has 3 heterocycles. The average Bonchev–Trinajstić information content (AvgIpc) is 3.32. The number of nitrogens with one attached hydrogen (secondary N) is 2. The lowest BCUT2D eigenvalue weighted by Gasteiger charge is -2.09. The van der Waals surface area contributed by atoms with Gasteiger partial charge in [-0.1, -0.05) is 12.1 Å². The summed E-state index contributed by atoms with van der Waals surface area (Å²) in [5, 5.41) is 18.7. The van der Waals surface area contributed by atoms with Crippen LogP contribution in [0.4, 0.5) is 5.82 Å². The van der Waals surface area contributed by atoms with Crippen LogP contribution in [0.15, 0.2) is 66.0 Å². The molecule has 0 radical (unpaired) electrons. The minimum absolute atomic E-state index is 0.142. The lowest BCUT2D eigenvalue weighted by atomic mass is 10.2. The highest BCUT2D eigenvalue weighted by Crippen LogP contribution is 2.06. The monoisotopic (exact) mass is 404 g/mol. The summed E-state index contributed by atoms with van der Waals surface area (Å²) in [6, 6.07) is 12.6. The van der Waals surface area contributed by atoms with Gasteiger partial charge in [0.2, 0.25) is 5.91 Å². The van der Waals surface area contributed by atoms with Gasteiger partial charge in [0, 0.05) is 38.4 Å². The van der Waals surface area contributed by atoms with Crippen LogP contribution < -0.4 is 16.2 Å². The normalized spacial score (nSPS) is 10.8. The number of anilines is 1. The Labute approximate surface area is 171 Å². The van der Waals surface area contributed by atoms with Crippen LogP contribution in [0.2, 0.25) is 0 Å². The number of rotatable bonds is 8. The zero-order valence-corrected chi connectivity index (χ0v) is 16.1. The Morgan fingerprint density at radius 3 is 2.73 bits per heavy atom. The molecular formula is C20H20N8O2. The molecule has 0 atom stereocenters. The van der Waals surface area contributed by atoms with Crippen LogP contribution in [-0.2, 0) is 11.3 Å². The molecule has 0 spiro atoms. The van der Waals surface area contributed by atoms with Gasteiger partial charge in [0.1, 0.15) is 5.82 Å². The van der Waals surface area contributed by atoms with E-state index < -0.39 is 0 Å². The number of fused-ring (bicyclic) bond motifs is 1. The van der Waals surface area contributed by atoms with Crippen LogP contribution in [0.5, 0.6) is 0 Å². The molecule has 0 saturated heterocycles. The van der Waals surface area contributed by atoms with E-state index in [1.165, 1.54) is 10.9 Å². The molecule has 10 nitrogen and oxygen atoms in total. The van der Waals surface area contributed by atoms with Gasteiger partial charge in [-0.05, 0) is 30.3 Å². The van der Waals surface area contributed by atoms with Crippen molar-refractivity contribution in [3.8, 4) is 5.82 Å². The van der Waals surface area contributed by atoms with Crippen molar-refractivity contribution < 1.29 is 4.79 Å². The fourth-order valence-corrected chi connectivity index (χ4v) is 2.91. The number of benzene rings is 1. The van der Waals surface area contributed by atoms with Gasteiger partial charge < -0.3 is 10.6 Å². The molecule has 0 aliphatic carbocycles. The topological polar surface area (TPSA) is 120 Å². The van der Waals surface area contributed by atoms with Gasteiger partial charge in [-0.2, -0.15) is 5.10 Å². The molecule has 4 rings (SSSR count). The standard InChI is InChI=1S/C20H20N8O2/c29-19(8-13-27-14-23-16-5-2-1-4-15(16)20(27)30)22-11-10-21-17-6-7-18(26-25-17)28-12-3-9-24-28/h1-7,9,12,14H,8,10-11,13H2,(H,21,25)(H,22,29). The van der Waals surface area contributed by atoms with E-state index in [0.717, 1.165) is 0 Å². The zero-order chi connectivity index (χ0) is 20.8. The SMILES string of the molecule is O=C(CCn1cnc2ccccc2c1=O)NCCNc1ccc(-n2cccn2)nn1. The van der Waals surface area contributed by atoms with E-state index in [-0.39, 0.29) is 24.4 Å². The summed E-state index contributed by atoms with van der Waals surface area (Å²) in [4.78, 5) is 28.7. The lowest BCUT2D eigenvalue weighted by molar-refractivity contribution is -0.121. The maximum Gasteiger partial charge on any atom is 0.261 e. The second-order valence-electron chi connectivity index (χ2n) is 6.51. The zero-order valence-electron chi connectivity index (χ0n) is 16.1. The van der Waals surface area contributed by atoms with Crippen molar-refractivity contribution in [3.05, 3.63) is 71.5 Å². The van der Waals surface area contributed by atoms with E-state index in [1.54, 1.807) is 47.4 Å². The van der Waals surface area contributed by atoms with Crippen molar-refractivity contribution in [2.45, 2.75) is 13.0 Å². The molecule has 30 heavy (non-hydrogen) atoms. The lowest BCUT2D eigenvalue weighted by Crippen LogP contribution is -2.31. The van der Waals surface area contributed by atoms with E-state index in [4.69, 9.17) is 0 Å². The van der Waals surface area contributed by atoms with Crippen molar-refractivity contribution in [1.29, 1.82) is 0 Å². The molecule has 0 fully saturated rings. The summed E-state index contributed by atoms with van der Waals surface area (Å²) >= 11 is 0. The number of nitrogens with zero attached hydrogens (tertiary/aromatic N) is 6. The van der Waals surface area contributed by atoms with Crippen molar-refractivity contribution >= 4 is 22.6 Å². The van der Waals surface area contributed by atoms with Crippen LogP contribution >= 0.6 is 0 Å². The van der Waals surface area contributed by atoms with E-state index >= 15 is 0 Å². The van der Waals surface area contributed by atoms with E-state index in [9.17, 15) is 9.59 Å². The smallest absolute Gasteiger partial charge is 0.261 e. The van der Waals surface area contributed by atoms with Crippen LogP contribution in [0.3, 0.4) is 0 Å². The number of para-hydroxylation sites is 1. The Balaban J connectivity index is 1.21. The van der Waals surface area contributed by atoms with Gasteiger partial charge >= 0.3 is 0 Å². The second kappa shape index (κ2) is 8.95. The van der Waals surface area contributed by atoms with Crippen LogP contribution in [0, 0.1) is 0 Å². The summed E-state index contributed by atoms with van der Waals surface area (Å²) in [5.41, 5.74) is 0.502. The maximum absolute atomic E-state index is 12.4. The van der Waals surface area contributed by atoms with Crippen LogP contribution in [0.25, 0.3) is 16.7 Å². The largest absolute Gasteiger partial charge is 0.367 e. The van der Waals surface area contributed by atoms with E-state index in [1.807, 2.05) is 12.1 Å². The van der Waals surface area contributed by atoms with Gasteiger partial charge in [0.05, 0.1) is 17.2 Å². The first kappa shape index (κ1) is 19.2. The molecule has 1 aromatic carbocycles. The first-order valence-electron chi connectivity index (χ1n) is 9.49. The van der Waals surface area contributed by atoms with Crippen molar-refractivity contribution in [1.82, 2.24) is 34.8 Å². The highest BCUT2D eigenvalue weighted by Gasteiger charge is 2.06. The highest BCUT2D eigenvalue weighted by molar-refractivity contribution is 5.77. The molecule has 0 bridgehead atoms. The summed E-state index contributed by atoms with van der Waals surface area (Å²) in [6.45, 7) is 1.20. The van der Waals surface area contributed by atoms with E-state index in [0.29, 0.717) is 35.6 Å². The predicted molar refractivity (Wildman–Crippen MR) is 111 cm³/mol. The molecule has 0 unspecified atom stereocenters. The van der Waals surface area contributed by atoms with E-state index in [2.05, 4.69) is 30.9 Å². The number of carbonyl (C=O) groups excluding carboxylic acids is 1. The summed E-state index contributed by atoms with van der Waals surface area (Å²) in [7, 11) is 0. The van der Waals surface area contributed by atoms with Crippen molar-refractivity contribution in [2.24, 2.45) is 0 Å². The third-order valence-corrected chi connectivity index (χ3v) is 4.45. The third kappa shape index (κ3) is 4.49.